The summed E-state index contributed by atoms with van der Waals surface area (Å²) in [5, 5.41) is 11.0. The molecule has 2 atom stereocenters. The molecule has 0 N–H and O–H groups in total. The molecule has 0 radical (unpaired) electrons. The fraction of sp³-hybridized carbons (Fsp3) is 0.647. The smallest absolute Gasteiger partial charge is 0.311 e. The first-order valence-corrected chi connectivity index (χ1v) is 8.06. The number of ether oxygens (including phenoxy) is 1. The first-order chi connectivity index (χ1) is 10.5. The van der Waals surface area contributed by atoms with Crippen molar-refractivity contribution in [2.24, 2.45) is 11.8 Å². The molecule has 1 saturated heterocycles. The van der Waals surface area contributed by atoms with Crippen molar-refractivity contribution in [2.75, 3.05) is 26.2 Å². The normalized spacial score (nSPS) is 22.5. The number of nitro benzene ring substituents is 1. The third-order valence-electron chi connectivity index (χ3n) is 4.13. The lowest BCUT2D eigenvalue weighted by Crippen LogP contribution is -2.39. The number of hydrogen-bond acceptors (Lipinski definition) is 4. The molecule has 0 aliphatic carbocycles. The van der Waals surface area contributed by atoms with Gasteiger partial charge in [-0.1, -0.05) is 19.9 Å². The number of piperidine rings is 1. The van der Waals surface area contributed by atoms with Crippen LogP contribution in [0, 0.1) is 28.9 Å². The highest BCUT2D eigenvalue weighted by molar-refractivity contribution is 5.48. The van der Waals surface area contributed by atoms with E-state index in [1.165, 1.54) is 6.42 Å². The Hall–Kier alpha value is -1.62. The second-order valence-corrected chi connectivity index (χ2v) is 6.64. The van der Waals surface area contributed by atoms with E-state index in [1.54, 1.807) is 12.1 Å². The van der Waals surface area contributed by atoms with Crippen LogP contribution in [0.15, 0.2) is 18.2 Å². The van der Waals surface area contributed by atoms with Gasteiger partial charge in [0, 0.05) is 25.7 Å². The molecule has 0 unspecified atom stereocenters. The summed E-state index contributed by atoms with van der Waals surface area (Å²) in [6.45, 7) is 10.3. The van der Waals surface area contributed by atoms with Crippen molar-refractivity contribution in [3.05, 3.63) is 33.9 Å². The molecule has 1 aromatic rings. The molecule has 5 heteroatoms. The average Bonchev–Trinajstić information content (AvgIpc) is 2.43. The largest absolute Gasteiger partial charge is 0.487 e. The summed E-state index contributed by atoms with van der Waals surface area (Å²) in [4.78, 5) is 13.1. The molecule has 1 aliphatic rings. The number of rotatable bonds is 6. The van der Waals surface area contributed by atoms with Gasteiger partial charge in [-0.2, -0.15) is 0 Å². The Balaban J connectivity index is 1.80. The molecule has 122 valence electrons. The molecule has 22 heavy (non-hydrogen) atoms. The number of likely N-dealkylation sites (tertiary alicyclic amines) is 1. The molecule has 0 bridgehead atoms. The number of nitro groups is 1. The number of hydrogen-bond donors (Lipinski definition) is 0. The highest BCUT2D eigenvalue weighted by atomic mass is 16.6. The van der Waals surface area contributed by atoms with Crippen LogP contribution >= 0.6 is 0 Å². The Morgan fingerprint density at radius 3 is 2.64 bits per heavy atom. The predicted octanol–water partition coefficient (Wildman–Crippen LogP) is 3.65. The molecule has 2 rings (SSSR count). The van der Waals surface area contributed by atoms with Gasteiger partial charge in [0.1, 0.15) is 0 Å². The van der Waals surface area contributed by atoms with Gasteiger partial charge in [-0.3, -0.25) is 10.1 Å². The minimum absolute atomic E-state index is 0.0558. The third kappa shape index (κ3) is 4.70. The second kappa shape index (κ2) is 7.58. The van der Waals surface area contributed by atoms with E-state index in [4.69, 9.17) is 4.74 Å². The minimum atomic E-state index is -0.379. The van der Waals surface area contributed by atoms with Crippen LogP contribution in [0.1, 0.15) is 32.3 Å². The standard InChI is InChI=1S/C17H26N2O3/c1-13-5-6-17(16(10-13)19(20)21)22-8-4-7-18-11-14(2)9-15(3)12-18/h5-6,10,14-15H,4,7-9,11-12H2,1-3H3/t14-,15+. The SMILES string of the molecule is Cc1ccc(OCCCN2C[C@H](C)C[C@H](C)C2)c([N+](=O)[O-])c1. The Bertz CT molecular complexity index is 509. The summed E-state index contributed by atoms with van der Waals surface area (Å²) in [5.41, 5.74) is 0.926. The van der Waals surface area contributed by atoms with Crippen LogP contribution < -0.4 is 4.74 Å². The zero-order valence-corrected chi connectivity index (χ0v) is 13.7. The summed E-state index contributed by atoms with van der Waals surface area (Å²) in [5.74, 6) is 1.88. The van der Waals surface area contributed by atoms with Crippen molar-refractivity contribution in [1.82, 2.24) is 4.90 Å². The van der Waals surface area contributed by atoms with Gasteiger partial charge in [0.05, 0.1) is 11.5 Å². The topological polar surface area (TPSA) is 55.6 Å². The van der Waals surface area contributed by atoms with Crippen molar-refractivity contribution in [1.29, 1.82) is 0 Å². The van der Waals surface area contributed by atoms with Gasteiger partial charge in [0.15, 0.2) is 5.75 Å². The van der Waals surface area contributed by atoms with Gasteiger partial charge >= 0.3 is 5.69 Å². The van der Waals surface area contributed by atoms with Crippen molar-refractivity contribution in [3.63, 3.8) is 0 Å². The van der Waals surface area contributed by atoms with Gasteiger partial charge in [0.25, 0.3) is 0 Å². The number of benzene rings is 1. The van der Waals surface area contributed by atoms with Crippen LogP contribution in [0.2, 0.25) is 0 Å². The number of aryl methyl sites for hydroxylation is 1. The molecule has 0 spiro atoms. The quantitative estimate of drug-likeness (QED) is 0.457. The van der Waals surface area contributed by atoms with Gasteiger partial charge in [-0.05, 0) is 43.2 Å². The maximum Gasteiger partial charge on any atom is 0.311 e. The predicted molar refractivity (Wildman–Crippen MR) is 87.3 cm³/mol. The summed E-state index contributed by atoms with van der Waals surface area (Å²) in [6.07, 6.45) is 2.20. The van der Waals surface area contributed by atoms with Crippen molar-refractivity contribution < 1.29 is 9.66 Å². The molecule has 1 aromatic carbocycles. The molecular weight excluding hydrogens is 280 g/mol. The van der Waals surface area contributed by atoms with E-state index in [0.717, 1.165) is 43.5 Å². The maximum absolute atomic E-state index is 11.0. The van der Waals surface area contributed by atoms with Gasteiger partial charge < -0.3 is 9.64 Å². The van der Waals surface area contributed by atoms with Gasteiger partial charge in [0.2, 0.25) is 0 Å². The monoisotopic (exact) mass is 306 g/mol. The molecule has 1 heterocycles. The zero-order valence-electron chi connectivity index (χ0n) is 13.7. The van der Waals surface area contributed by atoms with Crippen LogP contribution in [0.3, 0.4) is 0 Å². The number of nitrogens with zero attached hydrogens (tertiary/aromatic N) is 2. The van der Waals surface area contributed by atoms with E-state index in [2.05, 4.69) is 18.7 Å². The molecule has 0 saturated carbocycles. The summed E-state index contributed by atoms with van der Waals surface area (Å²) in [6, 6.07) is 5.10. The van der Waals surface area contributed by atoms with Crippen molar-refractivity contribution >= 4 is 5.69 Å². The van der Waals surface area contributed by atoms with Crippen molar-refractivity contribution in [3.8, 4) is 5.75 Å². The van der Waals surface area contributed by atoms with Gasteiger partial charge in [-0.25, -0.2) is 0 Å². The van der Waals surface area contributed by atoms with E-state index >= 15 is 0 Å². The molecule has 1 fully saturated rings. The van der Waals surface area contributed by atoms with E-state index in [0.29, 0.717) is 12.4 Å². The third-order valence-corrected chi connectivity index (χ3v) is 4.13. The van der Waals surface area contributed by atoms with Crippen molar-refractivity contribution in [2.45, 2.75) is 33.6 Å². The van der Waals surface area contributed by atoms with Crippen LogP contribution in [-0.2, 0) is 0 Å². The molecule has 5 nitrogen and oxygen atoms in total. The van der Waals surface area contributed by atoms with E-state index in [9.17, 15) is 10.1 Å². The molecular formula is C17H26N2O3. The summed E-state index contributed by atoms with van der Waals surface area (Å²) < 4.78 is 5.63. The zero-order chi connectivity index (χ0) is 16.1. The molecule has 1 aliphatic heterocycles. The first kappa shape index (κ1) is 16.7. The van der Waals surface area contributed by atoms with Crippen LogP contribution in [-0.4, -0.2) is 36.1 Å². The lowest BCUT2D eigenvalue weighted by atomic mass is 9.92. The average molecular weight is 306 g/mol. The van der Waals surface area contributed by atoms with E-state index < -0.39 is 0 Å². The minimum Gasteiger partial charge on any atom is -0.487 e. The van der Waals surface area contributed by atoms with Gasteiger partial charge in [-0.15, -0.1) is 0 Å². The van der Waals surface area contributed by atoms with E-state index in [-0.39, 0.29) is 10.6 Å². The Kier molecular flexibility index (Phi) is 5.77. The Labute approximate surface area is 132 Å². The lowest BCUT2D eigenvalue weighted by molar-refractivity contribution is -0.385. The molecule has 0 aromatic heterocycles. The fourth-order valence-electron chi connectivity index (χ4n) is 3.34. The highest BCUT2D eigenvalue weighted by Gasteiger charge is 2.21. The van der Waals surface area contributed by atoms with Crippen LogP contribution in [0.25, 0.3) is 0 Å². The Morgan fingerprint density at radius 2 is 2.00 bits per heavy atom. The maximum atomic E-state index is 11.0. The summed E-state index contributed by atoms with van der Waals surface area (Å²) in [7, 11) is 0. The van der Waals surface area contributed by atoms with Crippen LogP contribution in [0.5, 0.6) is 5.75 Å². The summed E-state index contributed by atoms with van der Waals surface area (Å²) >= 11 is 0. The molecule has 0 amide bonds. The van der Waals surface area contributed by atoms with Crippen LogP contribution in [0.4, 0.5) is 5.69 Å². The fourth-order valence-corrected chi connectivity index (χ4v) is 3.34. The lowest BCUT2D eigenvalue weighted by Gasteiger charge is -2.34. The first-order valence-electron chi connectivity index (χ1n) is 8.06. The van der Waals surface area contributed by atoms with E-state index in [1.807, 2.05) is 13.0 Å². The second-order valence-electron chi connectivity index (χ2n) is 6.64. The Morgan fingerprint density at radius 1 is 1.32 bits per heavy atom. The highest BCUT2D eigenvalue weighted by Crippen LogP contribution is 2.28.